The highest BCUT2D eigenvalue weighted by molar-refractivity contribution is 5.80. The molecule has 0 radical (unpaired) electrons. The molecule has 16 nitrogen and oxygen atoms in total. The smallest absolute Gasteiger partial charge is 0.308 e. The van der Waals surface area contributed by atoms with Crippen LogP contribution in [-0.2, 0) is 52.3 Å². The number of likely N-dealkylation sites (N-methyl/N-ethyl adjacent to an activating group) is 1. The molecule has 0 aromatic rings. The van der Waals surface area contributed by atoms with Gasteiger partial charge in [0.05, 0.1) is 61.3 Å². The Hall–Kier alpha value is -1.67. The van der Waals surface area contributed by atoms with E-state index in [1.54, 1.807) is 46.7 Å². The molecule has 4 fully saturated rings. The van der Waals surface area contributed by atoms with Crippen LogP contribution in [0.2, 0.25) is 0 Å². The summed E-state index contributed by atoms with van der Waals surface area (Å²) in [6, 6.07) is -0.737. The van der Waals surface area contributed by atoms with Crippen molar-refractivity contribution in [1.29, 1.82) is 0 Å². The van der Waals surface area contributed by atoms with Crippen molar-refractivity contribution < 1.29 is 72.7 Å². The number of epoxide rings is 1. The number of Topliss-reactive ketones (excluding diaryl/α,β-unsaturated/α-hetero) is 1. The Bertz CT molecular complexity index is 1260. The number of hydrogen-bond donors (Lipinski definition) is 4. The molecule has 0 saturated carbocycles. The highest BCUT2D eigenvalue weighted by Gasteiger charge is 2.59. The molecule has 19 atom stereocenters. The van der Waals surface area contributed by atoms with Crippen LogP contribution in [0, 0.1) is 23.7 Å². The lowest BCUT2D eigenvalue weighted by atomic mass is 9.79. The molecule has 0 aromatic heterocycles. The number of aliphatic hydroxyl groups excluding tert-OH is 4. The van der Waals surface area contributed by atoms with Gasteiger partial charge < -0.3 is 68.0 Å². The first-order valence-corrected chi connectivity index (χ1v) is 19.8. The molecule has 4 N–H and O–H groups in total. The predicted molar refractivity (Wildman–Crippen MR) is 196 cm³/mol. The van der Waals surface area contributed by atoms with Gasteiger partial charge in [0, 0.05) is 44.8 Å². The number of fused-ring (bicyclic) bond motifs is 1. The minimum atomic E-state index is -1.31. The van der Waals surface area contributed by atoms with Gasteiger partial charge in [-0.25, -0.2) is 0 Å². The molecule has 0 spiro atoms. The van der Waals surface area contributed by atoms with Crippen LogP contribution in [0.25, 0.3) is 0 Å². The zero-order chi connectivity index (χ0) is 40.9. The van der Waals surface area contributed by atoms with Crippen LogP contribution in [0.3, 0.4) is 0 Å². The summed E-state index contributed by atoms with van der Waals surface area (Å²) in [5.41, 5.74) is -0.729. The standard InChI is InChI=1S/C39H67NO15/c1-11-27-24(18-50-38-35(49-10)34(48-9)31(46)22(5)52-38)36-39(6,55-36)14-12-25(42)19(2)16-23(13-15-41)33(20(3)26(43)17-28(44)53-27)54-37-32(47)29(40(7)8)30(45)21(4)51-37/h15,19-24,26-27,29-38,43,45-47H,11-14,16-18H2,1-10H3/t19-,20+,21-,22-,23+,24?,26-,27-,29+,30-,31?,32-,33?,34?,35?,36-,37+,38?,39-/m1/s1. The Morgan fingerprint density at radius 1 is 0.909 bits per heavy atom. The zero-order valence-electron chi connectivity index (χ0n) is 34.1. The number of ketones is 1. The van der Waals surface area contributed by atoms with Gasteiger partial charge in [0.25, 0.3) is 0 Å². The number of aliphatic hydroxyl groups is 4. The lowest BCUT2D eigenvalue weighted by Crippen LogP contribution is -2.63. The van der Waals surface area contributed by atoms with E-state index in [0.29, 0.717) is 12.8 Å². The van der Waals surface area contributed by atoms with Crippen molar-refractivity contribution in [1.82, 2.24) is 4.90 Å². The third kappa shape index (κ3) is 10.7. The molecule has 4 saturated heterocycles. The van der Waals surface area contributed by atoms with Gasteiger partial charge in [0.15, 0.2) is 12.6 Å². The summed E-state index contributed by atoms with van der Waals surface area (Å²) in [5, 5.41) is 44.4. The van der Waals surface area contributed by atoms with Gasteiger partial charge in [0.1, 0.15) is 42.6 Å². The Labute approximate surface area is 325 Å². The molecule has 4 rings (SSSR count). The van der Waals surface area contributed by atoms with Crippen LogP contribution in [0.1, 0.15) is 80.1 Å². The van der Waals surface area contributed by atoms with Crippen LogP contribution >= 0.6 is 0 Å². The van der Waals surface area contributed by atoms with E-state index in [1.807, 2.05) is 13.8 Å². The summed E-state index contributed by atoms with van der Waals surface area (Å²) in [4.78, 5) is 41.2. The number of carbonyl (C=O) groups excluding carboxylic acids is 3. The highest BCUT2D eigenvalue weighted by Crippen LogP contribution is 2.47. The molecule has 4 heterocycles. The SMILES string of the molecule is CC[C@H]1OC(=O)C[C@@H](O)[C@H](C)C(O[C@@H]2O[C@H](C)[C@@H](O)[C@H](N(C)C)[C@H]2O)[C@@H](CC=O)C[C@@H](C)C(=O)CC[C@@]2(C)O[C@@H]2C1COC1O[C@H](C)C(O)C(OC)C1OC. The normalized spacial score (nSPS) is 46.5. The average molecular weight is 790 g/mol. The molecule has 0 aromatic carbocycles. The van der Waals surface area contributed by atoms with Gasteiger partial charge in [-0.3, -0.25) is 9.59 Å². The van der Waals surface area contributed by atoms with Crippen LogP contribution in [-0.4, -0.2) is 170 Å². The highest BCUT2D eigenvalue weighted by atomic mass is 16.7. The third-order valence-electron chi connectivity index (χ3n) is 12.4. The molecule has 16 heteroatoms. The quantitative estimate of drug-likeness (QED) is 0.131. The number of cyclic esters (lactones) is 1. The van der Waals surface area contributed by atoms with Gasteiger partial charge in [0.2, 0.25) is 0 Å². The number of carbonyl (C=O) groups is 3. The van der Waals surface area contributed by atoms with E-state index in [0.717, 1.165) is 6.29 Å². The lowest BCUT2D eigenvalue weighted by Gasteiger charge is -2.46. The first kappa shape index (κ1) is 46.0. The van der Waals surface area contributed by atoms with E-state index in [2.05, 4.69) is 0 Å². The largest absolute Gasteiger partial charge is 0.462 e. The van der Waals surface area contributed by atoms with Crippen molar-refractivity contribution >= 4 is 18.0 Å². The maximum Gasteiger partial charge on any atom is 0.308 e. The fourth-order valence-corrected chi connectivity index (χ4v) is 8.75. The molecule has 0 bridgehead atoms. The van der Waals surface area contributed by atoms with Crippen molar-refractivity contribution in [2.45, 2.75) is 171 Å². The van der Waals surface area contributed by atoms with Crippen molar-refractivity contribution in [3.63, 3.8) is 0 Å². The van der Waals surface area contributed by atoms with E-state index in [9.17, 15) is 34.8 Å². The van der Waals surface area contributed by atoms with Crippen LogP contribution in [0.4, 0.5) is 0 Å². The fourth-order valence-electron chi connectivity index (χ4n) is 8.75. The number of rotatable bonds is 11. The number of aldehydes is 1. The molecule has 0 amide bonds. The van der Waals surface area contributed by atoms with Crippen molar-refractivity contribution in [2.24, 2.45) is 23.7 Å². The maximum absolute atomic E-state index is 13.7. The lowest BCUT2D eigenvalue weighted by molar-refractivity contribution is -0.305. The molecular formula is C39H67NO15. The van der Waals surface area contributed by atoms with Gasteiger partial charge in [-0.05, 0) is 60.0 Å². The van der Waals surface area contributed by atoms with Crippen LogP contribution in [0.5, 0.6) is 0 Å². The number of nitrogens with zero attached hydrogens (tertiary/aromatic N) is 1. The Morgan fingerprint density at radius 2 is 1.55 bits per heavy atom. The molecule has 6 unspecified atom stereocenters. The molecule has 318 valence electrons. The summed E-state index contributed by atoms with van der Waals surface area (Å²) < 4.78 is 48.2. The van der Waals surface area contributed by atoms with Gasteiger partial charge in [-0.2, -0.15) is 0 Å². The molecule has 4 aliphatic rings. The van der Waals surface area contributed by atoms with Gasteiger partial charge in [-0.15, -0.1) is 0 Å². The number of methoxy groups -OCH3 is 2. The molecular weight excluding hydrogens is 722 g/mol. The average Bonchev–Trinajstić information content (AvgIpc) is 3.81. The predicted octanol–water partition coefficient (Wildman–Crippen LogP) is 0.998. The number of esters is 1. The zero-order valence-corrected chi connectivity index (χ0v) is 34.1. The summed E-state index contributed by atoms with van der Waals surface area (Å²) in [6.07, 6.45) is -10.1. The minimum Gasteiger partial charge on any atom is -0.462 e. The van der Waals surface area contributed by atoms with Gasteiger partial charge >= 0.3 is 5.97 Å². The van der Waals surface area contributed by atoms with Crippen LogP contribution < -0.4 is 0 Å². The van der Waals surface area contributed by atoms with E-state index >= 15 is 0 Å². The second kappa shape index (κ2) is 19.9. The first-order chi connectivity index (χ1) is 25.9. The number of ether oxygens (including phenoxy) is 8. The third-order valence-corrected chi connectivity index (χ3v) is 12.4. The van der Waals surface area contributed by atoms with E-state index in [1.165, 1.54) is 14.2 Å². The van der Waals surface area contributed by atoms with Gasteiger partial charge in [-0.1, -0.05) is 20.8 Å². The van der Waals surface area contributed by atoms with Crippen LogP contribution in [0.15, 0.2) is 0 Å². The van der Waals surface area contributed by atoms with E-state index in [4.69, 9.17) is 37.9 Å². The molecule has 4 aliphatic heterocycles. The fraction of sp³-hybridized carbons (Fsp3) is 0.923. The number of hydrogen-bond acceptors (Lipinski definition) is 16. The van der Waals surface area contributed by atoms with Crippen molar-refractivity contribution in [3.05, 3.63) is 0 Å². The second-order valence-corrected chi connectivity index (χ2v) is 16.5. The Morgan fingerprint density at radius 3 is 2.15 bits per heavy atom. The Kier molecular flexibility index (Phi) is 16.6. The van der Waals surface area contributed by atoms with E-state index in [-0.39, 0.29) is 31.7 Å². The summed E-state index contributed by atoms with van der Waals surface area (Å²) >= 11 is 0. The Balaban J connectivity index is 1.62. The monoisotopic (exact) mass is 789 g/mol. The first-order valence-electron chi connectivity index (χ1n) is 19.8. The van der Waals surface area contributed by atoms with E-state index < -0.39 is 127 Å². The molecule has 0 aliphatic carbocycles. The summed E-state index contributed by atoms with van der Waals surface area (Å²) in [6.45, 7) is 10.7. The maximum atomic E-state index is 13.7. The van der Waals surface area contributed by atoms with Crippen molar-refractivity contribution in [2.75, 3.05) is 34.9 Å². The topological polar surface area (TPSA) is 213 Å². The van der Waals surface area contributed by atoms with Crippen molar-refractivity contribution in [3.8, 4) is 0 Å². The summed E-state index contributed by atoms with van der Waals surface area (Å²) in [5.74, 6) is -3.10. The summed E-state index contributed by atoms with van der Waals surface area (Å²) in [7, 11) is 6.38. The minimum absolute atomic E-state index is 0.0120. The second-order valence-electron chi connectivity index (χ2n) is 16.5. The molecule has 55 heavy (non-hydrogen) atoms.